The third-order valence-corrected chi connectivity index (χ3v) is 2.43. The largest absolute Gasteiger partial charge is 0.388 e. The molecule has 0 spiro atoms. The minimum absolute atomic E-state index is 0.268. The lowest BCUT2D eigenvalue weighted by Crippen LogP contribution is -2.42. The van der Waals surface area contributed by atoms with Gasteiger partial charge in [-0.05, 0) is 41.5 Å². The van der Waals surface area contributed by atoms with Gasteiger partial charge in [0.25, 0.3) is 0 Å². The monoisotopic (exact) mass is 232 g/mol. The number of hydrogen-bond acceptors (Lipinski definition) is 4. The Hall–Kier alpha value is -0.160. The van der Waals surface area contributed by atoms with E-state index in [1.54, 1.807) is 0 Å². The number of aliphatic hydroxyl groups is 1. The van der Waals surface area contributed by atoms with E-state index in [0.717, 1.165) is 0 Å². The van der Waals surface area contributed by atoms with Crippen LogP contribution >= 0.6 is 0 Å². The minimum atomic E-state index is -0.666. The van der Waals surface area contributed by atoms with E-state index >= 15 is 0 Å². The summed E-state index contributed by atoms with van der Waals surface area (Å²) in [6, 6.07) is 0. The van der Waals surface area contributed by atoms with Crippen molar-refractivity contribution in [3.05, 3.63) is 0 Å². The fourth-order valence-corrected chi connectivity index (χ4v) is 1.81. The van der Waals surface area contributed by atoms with E-state index in [1.165, 1.54) is 0 Å². The topological polar surface area (TPSA) is 47.9 Å². The molecule has 0 aliphatic carbocycles. The summed E-state index contributed by atoms with van der Waals surface area (Å²) in [6.45, 7) is 11.8. The molecule has 4 nitrogen and oxygen atoms in total. The molecule has 96 valence electrons. The molecule has 1 rings (SSSR count). The van der Waals surface area contributed by atoms with Crippen LogP contribution in [0.1, 0.15) is 41.5 Å². The first-order valence-electron chi connectivity index (χ1n) is 5.78. The van der Waals surface area contributed by atoms with Crippen LogP contribution in [0.3, 0.4) is 0 Å². The van der Waals surface area contributed by atoms with Gasteiger partial charge in [0.05, 0.1) is 18.3 Å². The highest BCUT2D eigenvalue weighted by atomic mass is 16.7. The van der Waals surface area contributed by atoms with Crippen LogP contribution in [0.4, 0.5) is 0 Å². The van der Waals surface area contributed by atoms with Crippen molar-refractivity contribution in [2.75, 3.05) is 6.61 Å². The fraction of sp³-hybridized carbons (Fsp3) is 1.00. The summed E-state index contributed by atoms with van der Waals surface area (Å²) in [5.74, 6) is -0.604. The molecule has 1 N–H and O–H groups in total. The predicted molar refractivity (Wildman–Crippen MR) is 61.2 cm³/mol. The lowest BCUT2D eigenvalue weighted by Gasteiger charge is -2.30. The van der Waals surface area contributed by atoms with Crippen LogP contribution in [0.2, 0.25) is 0 Å². The van der Waals surface area contributed by atoms with Gasteiger partial charge in [-0.1, -0.05) is 0 Å². The van der Waals surface area contributed by atoms with Crippen molar-refractivity contribution in [2.24, 2.45) is 0 Å². The smallest absolute Gasteiger partial charge is 0.163 e. The highest BCUT2D eigenvalue weighted by Crippen LogP contribution is 2.26. The molecule has 3 unspecified atom stereocenters. The van der Waals surface area contributed by atoms with Crippen molar-refractivity contribution in [3.63, 3.8) is 0 Å². The highest BCUT2D eigenvalue weighted by molar-refractivity contribution is 4.82. The lowest BCUT2D eigenvalue weighted by atomic mass is 10.1. The average Bonchev–Trinajstić information content (AvgIpc) is 2.41. The Kier molecular flexibility index (Phi) is 4.00. The Bertz CT molecular complexity index is 232. The van der Waals surface area contributed by atoms with Crippen LogP contribution in [-0.4, -0.2) is 41.4 Å². The molecule has 3 atom stereocenters. The summed E-state index contributed by atoms with van der Waals surface area (Å²) in [7, 11) is 0. The van der Waals surface area contributed by atoms with Crippen molar-refractivity contribution in [1.29, 1.82) is 0 Å². The number of aliphatic hydroxyl groups excluding tert-OH is 1. The third kappa shape index (κ3) is 4.01. The van der Waals surface area contributed by atoms with Gasteiger partial charge in [0.15, 0.2) is 5.79 Å². The van der Waals surface area contributed by atoms with E-state index in [0.29, 0.717) is 6.61 Å². The van der Waals surface area contributed by atoms with E-state index in [2.05, 4.69) is 0 Å². The summed E-state index contributed by atoms with van der Waals surface area (Å²) in [5.41, 5.74) is -0.268. The first kappa shape index (κ1) is 13.9. The van der Waals surface area contributed by atoms with Crippen molar-refractivity contribution in [2.45, 2.75) is 71.2 Å². The lowest BCUT2D eigenvalue weighted by molar-refractivity contribution is -0.174. The maximum atomic E-state index is 10.1. The zero-order valence-corrected chi connectivity index (χ0v) is 11.1. The second kappa shape index (κ2) is 4.61. The van der Waals surface area contributed by atoms with Gasteiger partial charge in [0.1, 0.15) is 12.2 Å². The van der Waals surface area contributed by atoms with E-state index in [9.17, 15) is 5.11 Å². The van der Waals surface area contributed by atoms with Gasteiger partial charge < -0.3 is 19.3 Å². The molecule has 0 saturated carbocycles. The van der Waals surface area contributed by atoms with E-state index < -0.39 is 11.9 Å². The summed E-state index contributed by atoms with van der Waals surface area (Å²) in [5, 5.41) is 10.1. The Morgan fingerprint density at radius 3 is 2.31 bits per heavy atom. The molecule has 1 aliphatic heterocycles. The minimum Gasteiger partial charge on any atom is -0.388 e. The van der Waals surface area contributed by atoms with Crippen LogP contribution in [-0.2, 0) is 14.2 Å². The first-order chi connectivity index (χ1) is 7.11. The van der Waals surface area contributed by atoms with E-state index in [-0.39, 0.29) is 17.8 Å². The highest BCUT2D eigenvalue weighted by Gasteiger charge is 2.39. The third-order valence-electron chi connectivity index (χ3n) is 2.43. The molecule has 1 saturated heterocycles. The second-order valence-electron chi connectivity index (χ2n) is 5.79. The normalized spacial score (nSPS) is 29.1. The van der Waals surface area contributed by atoms with Crippen LogP contribution in [0, 0.1) is 0 Å². The molecule has 1 fully saturated rings. The van der Waals surface area contributed by atoms with Crippen molar-refractivity contribution < 1.29 is 19.3 Å². The standard InChI is InChI=1S/C12H24O4/c1-8(15-11(2,3)4)10(13)9-7-14-12(5,6)16-9/h8-10,13H,7H2,1-6H3. The Labute approximate surface area is 97.9 Å². The number of hydrogen-bond donors (Lipinski definition) is 1. The molecule has 0 aromatic heterocycles. The van der Waals surface area contributed by atoms with Gasteiger partial charge in [-0.3, -0.25) is 0 Å². The molecule has 0 amide bonds. The fourth-order valence-electron chi connectivity index (χ4n) is 1.81. The van der Waals surface area contributed by atoms with Crippen molar-refractivity contribution >= 4 is 0 Å². The van der Waals surface area contributed by atoms with Gasteiger partial charge in [-0.25, -0.2) is 0 Å². The van der Waals surface area contributed by atoms with E-state index in [4.69, 9.17) is 14.2 Å². The molecule has 4 heteroatoms. The van der Waals surface area contributed by atoms with E-state index in [1.807, 2.05) is 41.5 Å². The maximum absolute atomic E-state index is 10.1. The van der Waals surface area contributed by atoms with Crippen molar-refractivity contribution in [3.8, 4) is 0 Å². The average molecular weight is 232 g/mol. The molecule has 0 aromatic rings. The molecule has 1 aliphatic rings. The maximum Gasteiger partial charge on any atom is 0.163 e. The first-order valence-corrected chi connectivity index (χ1v) is 5.78. The molecule has 16 heavy (non-hydrogen) atoms. The Morgan fingerprint density at radius 2 is 1.94 bits per heavy atom. The second-order valence-corrected chi connectivity index (χ2v) is 5.79. The molecular weight excluding hydrogens is 208 g/mol. The Balaban J connectivity index is 2.49. The van der Waals surface area contributed by atoms with Gasteiger partial charge in [0, 0.05) is 0 Å². The summed E-state index contributed by atoms with van der Waals surface area (Å²) in [4.78, 5) is 0. The zero-order valence-electron chi connectivity index (χ0n) is 11.1. The van der Waals surface area contributed by atoms with Crippen LogP contribution in [0.5, 0.6) is 0 Å². The Morgan fingerprint density at radius 1 is 1.38 bits per heavy atom. The summed E-state index contributed by atoms with van der Waals surface area (Å²) < 4.78 is 16.7. The van der Waals surface area contributed by atoms with Crippen LogP contribution < -0.4 is 0 Å². The molecule has 0 bridgehead atoms. The number of ether oxygens (including phenoxy) is 3. The van der Waals surface area contributed by atoms with Gasteiger partial charge in [0.2, 0.25) is 0 Å². The van der Waals surface area contributed by atoms with Crippen LogP contribution in [0.25, 0.3) is 0 Å². The van der Waals surface area contributed by atoms with Crippen molar-refractivity contribution in [1.82, 2.24) is 0 Å². The molecule has 0 aromatic carbocycles. The number of rotatable bonds is 3. The van der Waals surface area contributed by atoms with Gasteiger partial charge in [-0.15, -0.1) is 0 Å². The zero-order chi connectivity index (χ0) is 12.6. The van der Waals surface area contributed by atoms with Crippen LogP contribution in [0.15, 0.2) is 0 Å². The molecular formula is C12H24O4. The molecule has 0 radical (unpaired) electrons. The van der Waals surface area contributed by atoms with Gasteiger partial charge in [-0.2, -0.15) is 0 Å². The molecule has 1 heterocycles. The summed E-state index contributed by atoms with van der Waals surface area (Å²) >= 11 is 0. The van der Waals surface area contributed by atoms with Gasteiger partial charge >= 0.3 is 0 Å². The summed E-state index contributed by atoms with van der Waals surface area (Å²) in [6.07, 6.45) is -1.25. The quantitative estimate of drug-likeness (QED) is 0.804. The predicted octanol–water partition coefficient (Wildman–Crippen LogP) is 1.70. The SMILES string of the molecule is CC(OC(C)(C)C)C(O)C1COC(C)(C)O1.